The third kappa shape index (κ3) is 4.42. The van der Waals surface area contributed by atoms with Gasteiger partial charge >= 0.3 is 0 Å². The Bertz CT molecular complexity index is 742. The summed E-state index contributed by atoms with van der Waals surface area (Å²) in [5.74, 6) is 0.993. The first kappa shape index (κ1) is 17.1. The Kier molecular flexibility index (Phi) is 5.40. The molecule has 25 heavy (non-hydrogen) atoms. The van der Waals surface area contributed by atoms with Gasteiger partial charge in [0, 0.05) is 17.9 Å². The van der Waals surface area contributed by atoms with Gasteiger partial charge < -0.3 is 25.3 Å². The number of benzene rings is 2. The summed E-state index contributed by atoms with van der Waals surface area (Å²) in [4.78, 5) is 12.4. The number of nitrogens with one attached hydrogen (secondary N) is 1. The van der Waals surface area contributed by atoms with E-state index in [1.165, 1.54) is 0 Å². The van der Waals surface area contributed by atoms with Crippen LogP contribution in [0.15, 0.2) is 42.5 Å². The zero-order chi connectivity index (χ0) is 17.6. The number of anilines is 2. The molecular weight excluding hydrogens is 320 g/mol. The van der Waals surface area contributed by atoms with Crippen LogP contribution in [-0.4, -0.2) is 32.3 Å². The van der Waals surface area contributed by atoms with Gasteiger partial charge in [-0.3, -0.25) is 4.79 Å². The molecule has 0 aromatic heterocycles. The highest BCUT2D eigenvalue weighted by Crippen LogP contribution is 2.25. The van der Waals surface area contributed by atoms with Crippen molar-refractivity contribution in [1.29, 1.82) is 0 Å². The van der Waals surface area contributed by atoms with E-state index < -0.39 is 0 Å². The summed E-state index contributed by atoms with van der Waals surface area (Å²) >= 11 is 0. The maximum absolute atomic E-state index is 12.4. The Balaban J connectivity index is 1.63. The van der Waals surface area contributed by atoms with Gasteiger partial charge in [0.05, 0.1) is 18.9 Å². The summed E-state index contributed by atoms with van der Waals surface area (Å²) in [6.07, 6.45) is 2.22. The van der Waals surface area contributed by atoms with Gasteiger partial charge in [0.25, 0.3) is 5.91 Å². The van der Waals surface area contributed by atoms with Crippen LogP contribution in [0.25, 0.3) is 0 Å². The highest BCUT2D eigenvalue weighted by molar-refractivity contribution is 6.04. The third-order valence-electron chi connectivity index (χ3n) is 4.04. The van der Waals surface area contributed by atoms with Crippen molar-refractivity contribution in [3.8, 4) is 11.5 Å². The number of ether oxygens (including phenoxy) is 3. The Hall–Kier alpha value is -2.73. The fourth-order valence-electron chi connectivity index (χ4n) is 2.71. The fourth-order valence-corrected chi connectivity index (χ4v) is 2.71. The van der Waals surface area contributed by atoms with Gasteiger partial charge in [-0.25, -0.2) is 0 Å². The van der Waals surface area contributed by atoms with Crippen molar-refractivity contribution in [3.63, 3.8) is 0 Å². The molecule has 1 fully saturated rings. The first-order valence-electron chi connectivity index (χ1n) is 8.25. The zero-order valence-corrected chi connectivity index (χ0v) is 14.2. The molecule has 6 nitrogen and oxygen atoms in total. The molecule has 6 heteroatoms. The van der Waals surface area contributed by atoms with Crippen LogP contribution in [0, 0.1) is 0 Å². The quantitative estimate of drug-likeness (QED) is 0.788. The molecule has 1 saturated heterocycles. The smallest absolute Gasteiger partial charge is 0.255 e. The average Bonchev–Trinajstić information content (AvgIpc) is 3.14. The van der Waals surface area contributed by atoms with Gasteiger partial charge in [0.2, 0.25) is 0 Å². The maximum Gasteiger partial charge on any atom is 0.255 e. The largest absolute Gasteiger partial charge is 0.495 e. The number of hydrogen-bond donors (Lipinski definition) is 2. The Labute approximate surface area is 146 Å². The van der Waals surface area contributed by atoms with E-state index in [1.54, 1.807) is 43.5 Å². The highest BCUT2D eigenvalue weighted by Gasteiger charge is 2.16. The Morgan fingerprint density at radius 1 is 1.32 bits per heavy atom. The summed E-state index contributed by atoms with van der Waals surface area (Å²) in [7, 11) is 1.55. The van der Waals surface area contributed by atoms with Gasteiger partial charge in [-0.15, -0.1) is 0 Å². The number of amides is 1. The van der Waals surface area contributed by atoms with E-state index in [9.17, 15) is 4.79 Å². The summed E-state index contributed by atoms with van der Waals surface area (Å²) < 4.78 is 16.4. The van der Waals surface area contributed by atoms with E-state index in [0.29, 0.717) is 35.0 Å². The molecule has 1 atom stereocenters. The van der Waals surface area contributed by atoms with Crippen LogP contribution in [0.3, 0.4) is 0 Å². The fraction of sp³-hybridized carbons (Fsp3) is 0.316. The van der Waals surface area contributed by atoms with Crippen molar-refractivity contribution in [2.45, 2.75) is 18.9 Å². The van der Waals surface area contributed by atoms with Gasteiger partial charge in [-0.05, 0) is 49.2 Å². The van der Waals surface area contributed by atoms with Crippen molar-refractivity contribution < 1.29 is 19.0 Å². The molecule has 1 aliphatic rings. The van der Waals surface area contributed by atoms with E-state index in [-0.39, 0.29) is 12.0 Å². The predicted octanol–water partition coefficient (Wildman–Crippen LogP) is 3.09. The van der Waals surface area contributed by atoms with Crippen molar-refractivity contribution in [3.05, 3.63) is 48.0 Å². The minimum Gasteiger partial charge on any atom is -0.495 e. The zero-order valence-electron chi connectivity index (χ0n) is 14.2. The SMILES string of the molecule is COc1ccc(NC(=O)c2cccc(OCC3CCCO3)c2)cc1N. The number of rotatable bonds is 6. The van der Waals surface area contributed by atoms with E-state index in [0.717, 1.165) is 19.4 Å². The van der Waals surface area contributed by atoms with E-state index in [4.69, 9.17) is 19.9 Å². The number of nitrogens with two attached hydrogens (primary N) is 1. The average molecular weight is 342 g/mol. The Morgan fingerprint density at radius 3 is 2.92 bits per heavy atom. The van der Waals surface area contributed by atoms with Crippen LogP contribution in [-0.2, 0) is 4.74 Å². The topological polar surface area (TPSA) is 82.8 Å². The second-order valence-electron chi connectivity index (χ2n) is 5.88. The first-order valence-corrected chi connectivity index (χ1v) is 8.25. The molecule has 1 amide bonds. The second-order valence-corrected chi connectivity index (χ2v) is 5.88. The molecule has 1 unspecified atom stereocenters. The summed E-state index contributed by atoms with van der Waals surface area (Å²) in [6, 6.07) is 12.2. The molecule has 2 aromatic carbocycles. The normalized spacial score (nSPS) is 16.4. The molecule has 0 bridgehead atoms. The molecule has 1 aliphatic heterocycles. The van der Waals surface area contributed by atoms with Crippen LogP contribution in [0.1, 0.15) is 23.2 Å². The van der Waals surface area contributed by atoms with Gasteiger partial charge in [0.15, 0.2) is 0 Å². The summed E-state index contributed by atoms with van der Waals surface area (Å²) in [6.45, 7) is 1.29. The molecule has 2 aromatic rings. The molecule has 132 valence electrons. The maximum atomic E-state index is 12.4. The standard InChI is InChI=1S/C19H22N2O4/c1-23-18-8-7-14(11-17(18)20)21-19(22)13-4-2-5-15(10-13)25-12-16-6-3-9-24-16/h2,4-5,7-8,10-11,16H,3,6,9,12,20H2,1H3,(H,21,22). The monoisotopic (exact) mass is 342 g/mol. The number of methoxy groups -OCH3 is 1. The van der Waals surface area contributed by atoms with E-state index >= 15 is 0 Å². The highest BCUT2D eigenvalue weighted by atomic mass is 16.5. The lowest BCUT2D eigenvalue weighted by Gasteiger charge is -2.12. The van der Waals surface area contributed by atoms with Crippen molar-refractivity contribution in [1.82, 2.24) is 0 Å². The Morgan fingerprint density at radius 2 is 2.20 bits per heavy atom. The van der Waals surface area contributed by atoms with E-state index in [2.05, 4.69) is 5.32 Å². The second kappa shape index (κ2) is 7.90. The van der Waals surface area contributed by atoms with Crippen LogP contribution in [0.2, 0.25) is 0 Å². The third-order valence-corrected chi connectivity index (χ3v) is 4.04. The lowest BCUT2D eigenvalue weighted by molar-refractivity contribution is 0.0679. The molecule has 0 radical (unpaired) electrons. The molecule has 0 spiro atoms. The summed E-state index contributed by atoms with van der Waals surface area (Å²) in [5, 5.41) is 2.82. The van der Waals surface area contributed by atoms with Crippen LogP contribution in [0.5, 0.6) is 11.5 Å². The van der Waals surface area contributed by atoms with Gasteiger partial charge in [-0.2, -0.15) is 0 Å². The molecule has 3 N–H and O–H groups in total. The minimum atomic E-state index is -0.230. The molecule has 0 saturated carbocycles. The first-order chi connectivity index (χ1) is 12.2. The lowest BCUT2D eigenvalue weighted by atomic mass is 10.2. The number of carbonyl (C=O) groups is 1. The van der Waals surface area contributed by atoms with Crippen molar-refractivity contribution in [2.24, 2.45) is 0 Å². The molecule has 0 aliphatic carbocycles. The van der Waals surface area contributed by atoms with E-state index in [1.807, 2.05) is 6.07 Å². The van der Waals surface area contributed by atoms with Crippen molar-refractivity contribution in [2.75, 3.05) is 31.4 Å². The minimum absolute atomic E-state index is 0.139. The van der Waals surface area contributed by atoms with Crippen molar-refractivity contribution >= 4 is 17.3 Å². The lowest BCUT2D eigenvalue weighted by Crippen LogP contribution is -2.17. The number of carbonyl (C=O) groups excluding carboxylic acids is 1. The predicted molar refractivity (Wildman–Crippen MR) is 96.3 cm³/mol. The number of nitrogen functional groups attached to an aromatic ring is 1. The van der Waals surface area contributed by atoms with Gasteiger partial charge in [-0.1, -0.05) is 6.07 Å². The molecule has 1 heterocycles. The van der Waals surface area contributed by atoms with Crippen LogP contribution >= 0.6 is 0 Å². The summed E-state index contributed by atoms with van der Waals surface area (Å²) in [5.41, 5.74) is 7.45. The number of hydrogen-bond acceptors (Lipinski definition) is 5. The molecular formula is C19H22N2O4. The van der Waals surface area contributed by atoms with Crippen LogP contribution in [0.4, 0.5) is 11.4 Å². The van der Waals surface area contributed by atoms with Crippen LogP contribution < -0.4 is 20.5 Å². The molecule has 3 rings (SSSR count). The van der Waals surface area contributed by atoms with Gasteiger partial charge in [0.1, 0.15) is 18.1 Å².